The molecule has 0 radical (unpaired) electrons. The van der Waals surface area contributed by atoms with Crippen LogP contribution in [-0.4, -0.2) is 33.5 Å². The number of aromatic nitrogens is 2. The van der Waals surface area contributed by atoms with Gasteiger partial charge in [-0.2, -0.15) is 0 Å². The fraction of sp³-hybridized carbons (Fsp3) is 0.429. The van der Waals surface area contributed by atoms with Gasteiger partial charge in [-0.05, 0) is 21.0 Å². The monoisotopic (exact) mass is 425 g/mol. The van der Waals surface area contributed by atoms with Crippen molar-refractivity contribution in [3.8, 4) is 0 Å². The van der Waals surface area contributed by atoms with Crippen molar-refractivity contribution in [2.45, 2.75) is 12.5 Å². The minimum Gasteiger partial charge on any atom is -0.480 e. The van der Waals surface area contributed by atoms with E-state index in [0.29, 0.717) is 6.42 Å². The highest BCUT2D eigenvalue weighted by Crippen LogP contribution is 3.00. The Morgan fingerprint density at radius 3 is 2.70 bits per heavy atom. The van der Waals surface area contributed by atoms with Gasteiger partial charge in [0.2, 0.25) is 0 Å². The van der Waals surface area contributed by atoms with E-state index in [2.05, 4.69) is 50.4 Å². The Balaban J connectivity index is 2.86. The van der Waals surface area contributed by atoms with Crippen LogP contribution in [0.15, 0.2) is 12.5 Å². The number of carboxylic acids is 1. The molecule has 114 valence electrons. The Labute approximate surface area is 133 Å². The lowest BCUT2D eigenvalue weighted by Gasteiger charge is -2.27. The van der Waals surface area contributed by atoms with Gasteiger partial charge in [0.1, 0.15) is 6.04 Å². The Bertz CT molecular complexity index is 443. The van der Waals surface area contributed by atoms with Gasteiger partial charge in [-0.3, -0.25) is 4.79 Å². The fourth-order valence-corrected chi connectivity index (χ4v) is 43.7. The zero-order valence-electron chi connectivity index (χ0n) is 10.8. The van der Waals surface area contributed by atoms with Crippen molar-refractivity contribution in [3.63, 3.8) is 0 Å². The first-order chi connectivity index (χ1) is 9.40. The van der Waals surface area contributed by atoms with Crippen LogP contribution in [0.1, 0.15) is 5.69 Å². The summed E-state index contributed by atoms with van der Waals surface area (Å²) >= 11 is 0. The standard InChI is InChI=1S/C7H19N3O2P8/c1-8-6(7(11)12)2-5-3-10(4-9-5)18(19(14)15)20(16)17-13/h3-4,6,8,17H,2,13-16H2,1H3,(H,11,12)/t6-,18?,20?/m0/s1. The average Bonchev–Trinajstić information content (AvgIpc) is 2.83. The molecule has 13 heteroatoms. The number of imidazole rings is 1. The van der Waals surface area contributed by atoms with Crippen molar-refractivity contribution in [3.05, 3.63) is 18.2 Å². The van der Waals surface area contributed by atoms with Crippen molar-refractivity contribution in [1.82, 2.24) is 14.6 Å². The van der Waals surface area contributed by atoms with E-state index in [1.807, 2.05) is 12.5 Å². The minimum absolute atomic E-state index is 0.130. The molecule has 20 heavy (non-hydrogen) atoms. The molecule has 1 rings (SSSR count). The molecular formula is C7H19N3O2P8. The highest BCUT2D eigenvalue weighted by atomic mass is 33.0. The normalized spacial score (nSPS) is 16.7. The van der Waals surface area contributed by atoms with Crippen LogP contribution >= 0.6 is 65.1 Å². The first-order valence-corrected chi connectivity index (χ1v) is 19.3. The Kier molecular flexibility index (Phi) is 10.1. The maximum atomic E-state index is 11.0. The minimum atomic E-state index is -0.844. The number of carboxylic acid groups (broad SMARTS) is 1. The van der Waals surface area contributed by atoms with E-state index in [0.717, 1.165) is 13.7 Å². The third-order valence-corrected chi connectivity index (χ3v) is 36.0. The lowest BCUT2D eigenvalue weighted by molar-refractivity contribution is -0.139. The number of rotatable bonds is 8. The molecular weight excluding hydrogens is 406 g/mol. The third-order valence-electron chi connectivity index (χ3n) is 2.42. The van der Waals surface area contributed by atoms with E-state index in [1.165, 1.54) is 0 Å². The number of nitrogens with zero attached hydrogens (tertiary/aromatic N) is 2. The van der Waals surface area contributed by atoms with E-state index in [4.69, 9.17) is 5.11 Å². The number of aliphatic carboxylic acids is 1. The largest absolute Gasteiger partial charge is 0.480 e. The summed E-state index contributed by atoms with van der Waals surface area (Å²) in [5.41, 5.74) is 0.826. The maximum absolute atomic E-state index is 11.0. The van der Waals surface area contributed by atoms with Crippen molar-refractivity contribution in [2.24, 2.45) is 0 Å². The maximum Gasteiger partial charge on any atom is 0.321 e. The van der Waals surface area contributed by atoms with Crippen LogP contribution in [0.3, 0.4) is 0 Å². The van der Waals surface area contributed by atoms with E-state index < -0.39 is 12.0 Å². The average molecular weight is 425 g/mol. The van der Waals surface area contributed by atoms with Crippen LogP contribution in [-0.2, 0) is 11.2 Å². The van der Waals surface area contributed by atoms with E-state index in [1.54, 1.807) is 7.05 Å². The molecule has 0 bridgehead atoms. The quantitative estimate of drug-likeness (QED) is 0.621. The molecule has 5 nitrogen and oxygen atoms in total. The molecule has 1 aromatic rings. The summed E-state index contributed by atoms with van der Waals surface area (Å²) in [6.07, 6.45) is 4.27. The molecule has 0 amide bonds. The molecule has 0 saturated carbocycles. The van der Waals surface area contributed by atoms with Crippen LogP contribution in [0.5, 0.6) is 0 Å². The Morgan fingerprint density at radius 1 is 1.60 bits per heavy atom. The van der Waals surface area contributed by atoms with E-state index in [-0.39, 0.29) is 21.4 Å². The topological polar surface area (TPSA) is 67.2 Å². The highest BCUT2D eigenvalue weighted by Gasteiger charge is 2.23. The summed E-state index contributed by atoms with van der Waals surface area (Å²) in [6.45, 7) is -0.348. The van der Waals surface area contributed by atoms with Crippen molar-refractivity contribution in [2.75, 3.05) is 7.05 Å². The molecule has 1 heterocycles. The van der Waals surface area contributed by atoms with Gasteiger partial charge in [-0.1, -0.05) is 7.96 Å². The molecule has 0 aliphatic heterocycles. The smallest absolute Gasteiger partial charge is 0.321 e. The molecule has 0 fully saturated rings. The zero-order chi connectivity index (χ0) is 15.3. The van der Waals surface area contributed by atoms with Crippen LogP contribution in [0.4, 0.5) is 0 Å². The SMILES string of the molecule is CN[C@@H](Cc1cn(P(P(P)P)P(P)PP)cn1)C(=O)O. The predicted octanol–water partition coefficient (Wildman–Crippen LogP) is 3.89. The molecule has 0 aliphatic rings. The fourth-order valence-electron chi connectivity index (χ4n) is 1.47. The third kappa shape index (κ3) is 5.94. The number of hydrogen-bond acceptors (Lipinski definition) is 3. The number of hydrogen-bond donors (Lipinski definition) is 2. The molecule has 0 spiro atoms. The van der Waals surface area contributed by atoms with Crippen LogP contribution in [0, 0.1) is 0 Å². The molecule has 7 unspecified atom stereocenters. The Hall–Kier alpha value is 2.08. The van der Waals surface area contributed by atoms with Crippen molar-refractivity contribution >= 4 is 71.1 Å². The van der Waals surface area contributed by atoms with Gasteiger partial charge in [-0.15, -0.1) is 35.7 Å². The summed E-state index contributed by atoms with van der Waals surface area (Å²) in [5, 5.41) is 11.9. The molecule has 0 aromatic carbocycles. The number of likely N-dealkylation sites (N-methyl/N-ethyl adjacent to an activating group) is 1. The summed E-state index contributed by atoms with van der Waals surface area (Å²) in [4.78, 5) is 15.4. The summed E-state index contributed by atoms with van der Waals surface area (Å²) < 4.78 is 2.20. The number of carbonyl (C=O) groups is 1. The summed E-state index contributed by atoms with van der Waals surface area (Å²) in [7, 11) is 13.8. The van der Waals surface area contributed by atoms with E-state index in [9.17, 15) is 4.79 Å². The van der Waals surface area contributed by atoms with Crippen molar-refractivity contribution in [1.29, 1.82) is 0 Å². The predicted molar refractivity (Wildman–Crippen MR) is 110 cm³/mol. The highest BCUT2D eigenvalue weighted by molar-refractivity contribution is 9.00. The number of nitrogens with one attached hydrogen (secondary N) is 1. The van der Waals surface area contributed by atoms with Crippen LogP contribution < -0.4 is 5.32 Å². The first-order valence-electron chi connectivity index (χ1n) is 5.44. The molecule has 0 aliphatic carbocycles. The zero-order valence-corrected chi connectivity index (χ0v) is 19.1. The second-order valence-corrected chi connectivity index (χ2v) is 30.2. The van der Waals surface area contributed by atoms with Crippen molar-refractivity contribution < 1.29 is 9.90 Å². The van der Waals surface area contributed by atoms with Gasteiger partial charge in [0.05, 0.1) is 19.5 Å². The van der Waals surface area contributed by atoms with E-state index >= 15 is 0 Å². The second kappa shape index (κ2) is 10.1. The molecule has 2 N–H and O–H groups in total. The van der Waals surface area contributed by atoms with Gasteiger partial charge in [-0.25, -0.2) is 4.98 Å². The summed E-state index contributed by atoms with van der Waals surface area (Å²) in [5.74, 6) is -0.844. The lowest BCUT2D eigenvalue weighted by Crippen LogP contribution is -2.35. The van der Waals surface area contributed by atoms with Crippen LogP contribution in [0.2, 0.25) is 0 Å². The van der Waals surface area contributed by atoms with Gasteiger partial charge in [0.25, 0.3) is 0 Å². The molecule has 1 aromatic heterocycles. The van der Waals surface area contributed by atoms with Gasteiger partial charge < -0.3 is 14.8 Å². The first kappa shape index (κ1) is 20.1. The van der Waals surface area contributed by atoms with Gasteiger partial charge in [0.15, 0.2) is 0 Å². The van der Waals surface area contributed by atoms with Gasteiger partial charge >= 0.3 is 5.97 Å². The van der Waals surface area contributed by atoms with Crippen LogP contribution in [0.25, 0.3) is 0 Å². The molecule has 0 saturated heterocycles. The lowest BCUT2D eigenvalue weighted by atomic mass is 10.2. The summed E-state index contributed by atoms with van der Waals surface area (Å²) in [6, 6.07) is -0.584. The molecule has 8 atom stereocenters. The van der Waals surface area contributed by atoms with Gasteiger partial charge in [0, 0.05) is 12.6 Å². The Morgan fingerprint density at radius 2 is 2.25 bits per heavy atom. The second-order valence-electron chi connectivity index (χ2n) is 3.75.